The monoisotopic (exact) mass is 449 g/mol. The van der Waals surface area contributed by atoms with Crippen LogP contribution in [0.1, 0.15) is 48.0 Å². The summed E-state index contributed by atoms with van der Waals surface area (Å²) in [6.45, 7) is 2.50. The number of carbonyl (C=O) groups excluding carboxylic acids is 3. The van der Waals surface area contributed by atoms with Crippen molar-refractivity contribution in [2.45, 2.75) is 44.6 Å². The first kappa shape index (κ1) is 22.8. The summed E-state index contributed by atoms with van der Waals surface area (Å²) >= 11 is 0. The summed E-state index contributed by atoms with van der Waals surface area (Å²) in [6.07, 6.45) is 5.34. The fourth-order valence-corrected chi connectivity index (χ4v) is 4.64. The number of unbranched alkanes of at least 4 members (excludes halogenated alkanes) is 1. The molecule has 0 radical (unpaired) electrons. The van der Waals surface area contributed by atoms with Gasteiger partial charge in [0, 0.05) is 43.3 Å². The molecule has 7 heteroatoms. The number of likely N-dealkylation sites (tertiary alicyclic amines) is 1. The fourth-order valence-electron chi connectivity index (χ4n) is 4.64. The molecule has 7 nitrogen and oxygen atoms in total. The summed E-state index contributed by atoms with van der Waals surface area (Å²) < 4.78 is 5.71. The molecule has 2 aromatic rings. The van der Waals surface area contributed by atoms with Gasteiger partial charge >= 0.3 is 0 Å². The number of rotatable bonds is 9. The van der Waals surface area contributed by atoms with Crippen LogP contribution in [0.4, 0.5) is 5.69 Å². The number of hydrogen-bond acceptors (Lipinski definition) is 4. The minimum atomic E-state index is 0.0188. The number of piperidine rings is 1. The second-order valence-corrected chi connectivity index (χ2v) is 8.57. The van der Waals surface area contributed by atoms with Crippen LogP contribution in [0.5, 0.6) is 5.75 Å². The van der Waals surface area contributed by atoms with Gasteiger partial charge in [0.2, 0.25) is 12.3 Å². The van der Waals surface area contributed by atoms with Gasteiger partial charge in [0.25, 0.3) is 5.91 Å². The summed E-state index contributed by atoms with van der Waals surface area (Å²) in [7, 11) is 0. The van der Waals surface area contributed by atoms with Crippen molar-refractivity contribution in [2.75, 3.05) is 31.1 Å². The summed E-state index contributed by atoms with van der Waals surface area (Å²) in [4.78, 5) is 39.7. The molecule has 1 saturated heterocycles. The second-order valence-electron chi connectivity index (χ2n) is 8.57. The van der Waals surface area contributed by atoms with Gasteiger partial charge in [0.15, 0.2) is 0 Å². The molecule has 0 aromatic heterocycles. The van der Waals surface area contributed by atoms with Crippen LogP contribution in [0.3, 0.4) is 0 Å². The number of ether oxygens (including phenoxy) is 1. The zero-order chi connectivity index (χ0) is 23.0. The number of fused-ring (bicyclic) bond motifs is 1. The van der Waals surface area contributed by atoms with Crippen molar-refractivity contribution in [2.24, 2.45) is 0 Å². The number of amides is 3. The molecule has 2 aliphatic heterocycles. The Morgan fingerprint density at radius 2 is 1.79 bits per heavy atom. The Balaban J connectivity index is 1.28. The summed E-state index contributed by atoms with van der Waals surface area (Å²) in [5, 5.41) is 2.63. The van der Waals surface area contributed by atoms with Gasteiger partial charge in [-0.2, -0.15) is 0 Å². The Hall–Kier alpha value is -3.35. The topological polar surface area (TPSA) is 79.0 Å². The van der Waals surface area contributed by atoms with Gasteiger partial charge in [0.1, 0.15) is 5.75 Å². The van der Waals surface area contributed by atoms with Crippen molar-refractivity contribution in [3.05, 3.63) is 59.7 Å². The molecule has 0 aliphatic carbocycles. The summed E-state index contributed by atoms with van der Waals surface area (Å²) in [5.41, 5.74) is 2.92. The molecule has 33 heavy (non-hydrogen) atoms. The maximum absolute atomic E-state index is 13.0. The predicted octanol–water partition coefficient (Wildman–Crippen LogP) is 3.18. The standard InChI is InChI=1S/C26H31N3O4/c30-19-27-15-3-4-18-33-23-10-7-21(8-11-23)26(32)28-16-13-22(14-17-28)29-24-6-2-1-5-20(24)9-12-25(29)31/h1-2,5-8,10-11,19,22H,3-4,9,12-18H2,(H,27,30). The van der Waals surface area contributed by atoms with Gasteiger partial charge in [-0.1, -0.05) is 18.2 Å². The number of para-hydroxylation sites is 1. The number of benzene rings is 2. The zero-order valence-electron chi connectivity index (χ0n) is 18.9. The molecule has 1 N–H and O–H groups in total. The van der Waals surface area contributed by atoms with Gasteiger partial charge in [-0.05, 0) is 68.0 Å². The molecule has 4 rings (SSSR count). The first-order valence-electron chi connectivity index (χ1n) is 11.8. The van der Waals surface area contributed by atoms with Gasteiger partial charge in [-0.3, -0.25) is 14.4 Å². The highest BCUT2D eigenvalue weighted by Gasteiger charge is 2.33. The minimum Gasteiger partial charge on any atom is -0.494 e. The molecule has 0 saturated carbocycles. The first-order chi connectivity index (χ1) is 16.2. The molecule has 2 aliphatic rings. The Labute approximate surface area is 194 Å². The van der Waals surface area contributed by atoms with Crippen LogP contribution in [-0.4, -0.2) is 55.4 Å². The predicted molar refractivity (Wildman–Crippen MR) is 126 cm³/mol. The number of nitrogens with zero attached hydrogens (tertiary/aromatic N) is 2. The van der Waals surface area contributed by atoms with E-state index < -0.39 is 0 Å². The molecular weight excluding hydrogens is 418 g/mol. The van der Waals surface area contributed by atoms with E-state index in [-0.39, 0.29) is 17.9 Å². The quantitative estimate of drug-likeness (QED) is 0.471. The smallest absolute Gasteiger partial charge is 0.253 e. The molecule has 3 amide bonds. The van der Waals surface area contributed by atoms with Crippen LogP contribution in [-0.2, 0) is 16.0 Å². The highest BCUT2D eigenvalue weighted by molar-refractivity contribution is 5.97. The third-order valence-corrected chi connectivity index (χ3v) is 6.41. The van der Waals surface area contributed by atoms with Crippen molar-refractivity contribution in [3.8, 4) is 5.75 Å². The molecule has 1 fully saturated rings. The van der Waals surface area contributed by atoms with Crippen LogP contribution >= 0.6 is 0 Å². The van der Waals surface area contributed by atoms with E-state index in [9.17, 15) is 14.4 Å². The van der Waals surface area contributed by atoms with E-state index in [4.69, 9.17) is 4.74 Å². The molecule has 0 atom stereocenters. The van der Waals surface area contributed by atoms with Crippen LogP contribution < -0.4 is 15.0 Å². The number of nitrogens with one attached hydrogen (secondary N) is 1. The number of hydrogen-bond donors (Lipinski definition) is 1. The Morgan fingerprint density at radius 3 is 2.55 bits per heavy atom. The lowest BCUT2D eigenvalue weighted by Gasteiger charge is -2.41. The van der Waals surface area contributed by atoms with E-state index in [0.717, 1.165) is 43.5 Å². The van der Waals surface area contributed by atoms with Crippen molar-refractivity contribution in [1.82, 2.24) is 10.2 Å². The minimum absolute atomic E-state index is 0.0188. The van der Waals surface area contributed by atoms with Gasteiger partial charge in [0.05, 0.1) is 6.61 Å². The Morgan fingerprint density at radius 1 is 1.03 bits per heavy atom. The normalized spacial score (nSPS) is 16.3. The van der Waals surface area contributed by atoms with Gasteiger partial charge in [-0.15, -0.1) is 0 Å². The number of aryl methyl sites for hydroxylation is 1. The Bertz CT molecular complexity index is 968. The van der Waals surface area contributed by atoms with E-state index >= 15 is 0 Å². The van der Waals surface area contributed by atoms with Crippen LogP contribution in [0.25, 0.3) is 0 Å². The van der Waals surface area contributed by atoms with Crippen LogP contribution in [0.2, 0.25) is 0 Å². The summed E-state index contributed by atoms with van der Waals surface area (Å²) in [5.74, 6) is 0.940. The number of carbonyl (C=O) groups is 3. The largest absolute Gasteiger partial charge is 0.494 e. The average molecular weight is 450 g/mol. The second kappa shape index (κ2) is 11.0. The molecule has 0 bridgehead atoms. The lowest BCUT2D eigenvalue weighted by molar-refractivity contribution is -0.119. The molecule has 174 valence electrons. The average Bonchev–Trinajstić information content (AvgIpc) is 2.86. The van der Waals surface area contributed by atoms with Crippen molar-refractivity contribution in [1.29, 1.82) is 0 Å². The SMILES string of the molecule is O=CNCCCCOc1ccc(C(=O)N2CCC(N3C(=O)CCc4ccccc43)CC2)cc1. The summed E-state index contributed by atoms with van der Waals surface area (Å²) in [6, 6.07) is 15.6. The molecule has 2 aromatic carbocycles. The van der Waals surface area contributed by atoms with Crippen molar-refractivity contribution < 1.29 is 19.1 Å². The highest BCUT2D eigenvalue weighted by atomic mass is 16.5. The zero-order valence-corrected chi connectivity index (χ0v) is 18.9. The van der Waals surface area contributed by atoms with E-state index in [1.165, 1.54) is 5.56 Å². The lowest BCUT2D eigenvalue weighted by Crippen LogP contribution is -2.50. The molecular formula is C26H31N3O4. The van der Waals surface area contributed by atoms with Gasteiger partial charge in [-0.25, -0.2) is 0 Å². The molecule has 0 spiro atoms. The van der Waals surface area contributed by atoms with Crippen molar-refractivity contribution >= 4 is 23.9 Å². The van der Waals surface area contributed by atoms with Crippen LogP contribution in [0, 0.1) is 0 Å². The molecule has 2 heterocycles. The van der Waals surface area contributed by atoms with E-state index in [1.807, 2.05) is 52.3 Å². The maximum atomic E-state index is 13.0. The third kappa shape index (κ3) is 5.53. The fraction of sp³-hybridized carbons (Fsp3) is 0.423. The highest BCUT2D eigenvalue weighted by Crippen LogP contribution is 2.32. The first-order valence-corrected chi connectivity index (χ1v) is 11.8. The lowest BCUT2D eigenvalue weighted by atomic mass is 9.95. The number of anilines is 1. The van der Waals surface area contributed by atoms with E-state index in [2.05, 4.69) is 11.4 Å². The third-order valence-electron chi connectivity index (χ3n) is 6.41. The molecule has 0 unspecified atom stereocenters. The van der Waals surface area contributed by atoms with E-state index in [1.54, 1.807) is 0 Å². The Kier molecular flexibility index (Phi) is 7.60. The van der Waals surface area contributed by atoms with Gasteiger partial charge < -0.3 is 19.9 Å². The maximum Gasteiger partial charge on any atom is 0.253 e. The van der Waals surface area contributed by atoms with Crippen LogP contribution in [0.15, 0.2) is 48.5 Å². The van der Waals surface area contributed by atoms with Crippen molar-refractivity contribution in [3.63, 3.8) is 0 Å². The van der Waals surface area contributed by atoms with E-state index in [0.29, 0.717) is 44.6 Å².